The Morgan fingerprint density at radius 2 is 2.20 bits per heavy atom. The smallest absolute Gasteiger partial charge is 0.252 e. The van der Waals surface area contributed by atoms with Gasteiger partial charge in [-0.25, -0.2) is 9.97 Å². The van der Waals surface area contributed by atoms with Crippen LogP contribution in [0.3, 0.4) is 0 Å². The van der Waals surface area contributed by atoms with Crippen LogP contribution in [-0.2, 0) is 6.42 Å². The zero-order chi connectivity index (χ0) is 20.8. The molecule has 1 aliphatic carbocycles. The first-order chi connectivity index (χ1) is 14.7. The van der Waals surface area contributed by atoms with E-state index in [9.17, 15) is 4.79 Å². The number of hydrogen-bond donors (Lipinski definition) is 1. The molecule has 6 nitrogen and oxygen atoms in total. The van der Waals surface area contributed by atoms with Crippen LogP contribution in [0.25, 0.3) is 11.3 Å². The van der Waals surface area contributed by atoms with Gasteiger partial charge in [0.2, 0.25) is 5.88 Å². The lowest BCUT2D eigenvalue weighted by Gasteiger charge is -2.08. The number of carbonyl (C=O) groups is 1. The van der Waals surface area contributed by atoms with E-state index in [-0.39, 0.29) is 5.91 Å². The molecule has 0 radical (unpaired) electrons. The third-order valence-corrected chi connectivity index (χ3v) is 6.01. The summed E-state index contributed by atoms with van der Waals surface area (Å²) in [5, 5.41) is 6.45. The Morgan fingerprint density at radius 3 is 2.97 bits per heavy atom. The maximum atomic E-state index is 12.3. The van der Waals surface area contributed by atoms with E-state index in [1.165, 1.54) is 19.0 Å². The van der Waals surface area contributed by atoms with Gasteiger partial charge in [0.1, 0.15) is 5.02 Å². The van der Waals surface area contributed by atoms with E-state index in [1.807, 2.05) is 18.3 Å². The molecular weight excluding hydrogens is 420 g/mol. The normalized spacial score (nSPS) is 13.2. The van der Waals surface area contributed by atoms with Gasteiger partial charge in [0.05, 0.1) is 22.9 Å². The Balaban J connectivity index is 1.18. The van der Waals surface area contributed by atoms with Gasteiger partial charge in [0.25, 0.3) is 5.91 Å². The number of pyridine rings is 2. The summed E-state index contributed by atoms with van der Waals surface area (Å²) < 4.78 is 5.60. The predicted molar refractivity (Wildman–Crippen MR) is 118 cm³/mol. The molecule has 0 aliphatic heterocycles. The van der Waals surface area contributed by atoms with Crippen molar-refractivity contribution in [2.45, 2.75) is 32.1 Å². The van der Waals surface area contributed by atoms with Gasteiger partial charge in [0.15, 0.2) is 0 Å². The molecule has 0 bridgehead atoms. The molecule has 0 saturated heterocycles. The van der Waals surface area contributed by atoms with Crippen molar-refractivity contribution in [1.29, 1.82) is 0 Å². The summed E-state index contributed by atoms with van der Waals surface area (Å²) in [4.78, 5) is 25.3. The molecule has 156 valence electrons. The quantitative estimate of drug-likeness (QED) is 0.456. The van der Waals surface area contributed by atoms with E-state index < -0.39 is 0 Å². The number of ether oxygens (including phenoxy) is 1. The SMILES string of the molecule is O=C(NCCCCc1nc(-c2cccnc2)cs1)c1cnc(OCC2CC2)c(Cl)c1. The molecular formula is C22H23ClN4O2S. The average molecular weight is 443 g/mol. The molecule has 0 spiro atoms. The molecule has 0 atom stereocenters. The molecule has 0 aromatic carbocycles. The minimum Gasteiger partial charge on any atom is -0.476 e. The van der Waals surface area contributed by atoms with Gasteiger partial charge >= 0.3 is 0 Å². The Labute approximate surface area is 184 Å². The monoisotopic (exact) mass is 442 g/mol. The summed E-state index contributed by atoms with van der Waals surface area (Å²) in [6.07, 6.45) is 10.2. The Hall–Kier alpha value is -2.51. The molecule has 1 amide bonds. The summed E-state index contributed by atoms with van der Waals surface area (Å²) in [7, 11) is 0. The van der Waals surface area contributed by atoms with Crippen LogP contribution in [0.15, 0.2) is 42.2 Å². The summed E-state index contributed by atoms with van der Waals surface area (Å²) in [6, 6.07) is 5.53. The van der Waals surface area contributed by atoms with Gasteiger partial charge in [-0.2, -0.15) is 0 Å². The van der Waals surface area contributed by atoms with Crippen LogP contribution in [-0.4, -0.2) is 34.0 Å². The van der Waals surface area contributed by atoms with Crippen LogP contribution in [0.5, 0.6) is 5.88 Å². The number of rotatable bonds is 10. The molecule has 3 aromatic heterocycles. The number of nitrogens with one attached hydrogen (secondary N) is 1. The van der Waals surface area contributed by atoms with Crippen molar-refractivity contribution in [2.75, 3.05) is 13.2 Å². The standard InChI is InChI=1S/C22H23ClN4O2S/c23-18-10-17(12-26-22(18)29-13-15-6-7-15)21(28)25-9-2-1-5-20-27-19(14-30-20)16-4-3-8-24-11-16/h3-4,8,10-12,14-15H,1-2,5-7,9,13H2,(H,25,28). The van der Waals surface area contributed by atoms with E-state index >= 15 is 0 Å². The first kappa shape index (κ1) is 20.8. The van der Waals surface area contributed by atoms with Gasteiger partial charge in [-0.1, -0.05) is 11.6 Å². The first-order valence-electron chi connectivity index (χ1n) is 10.1. The largest absolute Gasteiger partial charge is 0.476 e. The lowest BCUT2D eigenvalue weighted by atomic mass is 10.2. The highest BCUT2D eigenvalue weighted by molar-refractivity contribution is 7.09. The molecule has 1 N–H and O–H groups in total. The van der Waals surface area contributed by atoms with E-state index in [4.69, 9.17) is 16.3 Å². The highest BCUT2D eigenvalue weighted by Gasteiger charge is 2.22. The third-order valence-electron chi connectivity index (χ3n) is 4.83. The summed E-state index contributed by atoms with van der Waals surface area (Å²) in [6.45, 7) is 1.23. The molecule has 3 heterocycles. The third kappa shape index (κ3) is 5.77. The fourth-order valence-electron chi connectivity index (χ4n) is 2.91. The molecule has 3 aromatic rings. The van der Waals surface area contributed by atoms with Crippen LogP contribution in [0.2, 0.25) is 5.02 Å². The second-order valence-corrected chi connectivity index (χ2v) is 8.70. The van der Waals surface area contributed by atoms with Crippen LogP contribution >= 0.6 is 22.9 Å². The molecule has 1 aliphatic rings. The number of hydrogen-bond acceptors (Lipinski definition) is 6. The van der Waals surface area contributed by atoms with Gasteiger partial charge in [-0.05, 0) is 56.2 Å². The number of halogens is 1. The van der Waals surface area contributed by atoms with Crippen molar-refractivity contribution in [3.05, 3.63) is 57.8 Å². The van der Waals surface area contributed by atoms with E-state index in [0.717, 1.165) is 35.5 Å². The topological polar surface area (TPSA) is 77.0 Å². The summed E-state index contributed by atoms with van der Waals surface area (Å²) in [5.74, 6) is 0.845. The van der Waals surface area contributed by atoms with Gasteiger partial charge in [0, 0.05) is 36.1 Å². The number of carbonyl (C=O) groups excluding carboxylic acids is 1. The number of amides is 1. The van der Waals surface area contributed by atoms with Crippen LogP contribution in [0, 0.1) is 5.92 Å². The highest BCUT2D eigenvalue weighted by atomic mass is 35.5. The maximum absolute atomic E-state index is 12.3. The zero-order valence-electron chi connectivity index (χ0n) is 16.5. The highest BCUT2D eigenvalue weighted by Crippen LogP contribution is 2.31. The molecule has 4 rings (SSSR count). The predicted octanol–water partition coefficient (Wildman–Crippen LogP) is 4.80. The summed E-state index contributed by atoms with van der Waals surface area (Å²) >= 11 is 7.85. The van der Waals surface area contributed by atoms with Crippen LogP contribution in [0.4, 0.5) is 0 Å². The number of thiazole rings is 1. The Morgan fingerprint density at radius 1 is 1.30 bits per heavy atom. The van der Waals surface area contributed by atoms with Gasteiger partial charge in [-0.3, -0.25) is 9.78 Å². The second-order valence-electron chi connectivity index (χ2n) is 7.35. The van der Waals surface area contributed by atoms with Crippen molar-refractivity contribution in [3.63, 3.8) is 0 Å². The minimum atomic E-state index is -0.175. The molecule has 0 unspecified atom stereocenters. The number of aryl methyl sites for hydroxylation is 1. The first-order valence-corrected chi connectivity index (χ1v) is 11.4. The van der Waals surface area contributed by atoms with Gasteiger partial charge in [-0.15, -0.1) is 11.3 Å². The fourth-order valence-corrected chi connectivity index (χ4v) is 3.99. The minimum absolute atomic E-state index is 0.175. The Bertz CT molecular complexity index is 992. The number of nitrogens with zero attached hydrogens (tertiary/aromatic N) is 3. The van der Waals surface area contributed by atoms with E-state index in [2.05, 4.69) is 25.6 Å². The van der Waals surface area contributed by atoms with Crippen molar-refractivity contribution in [1.82, 2.24) is 20.3 Å². The number of aromatic nitrogens is 3. The van der Waals surface area contributed by atoms with Crippen LogP contribution in [0.1, 0.15) is 41.0 Å². The molecule has 30 heavy (non-hydrogen) atoms. The van der Waals surface area contributed by atoms with E-state index in [1.54, 1.807) is 23.6 Å². The summed E-state index contributed by atoms with van der Waals surface area (Å²) in [5.41, 5.74) is 2.44. The zero-order valence-corrected chi connectivity index (χ0v) is 18.1. The average Bonchev–Trinajstić information content (AvgIpc) is 3.48. The lowest BCUT2D eigenvalue weighted by Crippen LogP contribution is -2.24. The van der Waals surface area contributed by atoms with Crippen LogP contribution < -0.4 is 10.1 Å². The van der Waals surface area contributed by atoms with E-state index in [0.29, 0.717) is 35.5 Å². The second kappa shape index (κ2) is 10.00. The van der Waals surface area contributed by atoms with Crippen molar-refractivity contribution in [2.24, 2.45) is 5.92 Å². The molecule has 1 saturated carbocycles. The lowest BCUT2D eigenvalue weighted by molar-refractivity contribution is 0.0952. The van der Waals surface area contributed by atoms with Crippen molar-refractivity contribution in [3.8, 4) is 17.1 Å². The van der Waals surface area contributed by atoms with Gasteiger partial charge < -0.3 is 10.1 Å². The van der Waals surface area contributed by atoms with Crippen molar-refractivity contribution >= 4 is 28.8 Å². The maximum Gasteiger partial charge on any atom is 0.252 e. The molecule has 8 heteroatoms. The number of unbranched alkanes of at least 4 members (excludes halogenated alkanes) is 1. The molecule has 1 fully saturated rings. The Kier molecular flexibility index (Phi) is 6.92. The van der Waals surface area contributed by atoms with Crippen molar-refractivity contribution < 1.29 is 9.53 Å². The fraction of sp³-hybridized carbons (Fsp3) is 0.364.